The number of pyridine rings is 1. The monoisotopic (exact) mass is 455 g/mol. The Balaban J connectivity index is 1.53. The van der Waals surface area contributed by atoms with Crippen LogP contribution in [0.3, 0.4) is 0 Å². The Kier molecular flexibility index (Phi) is 6.86. The SMILES string of the molecule is CN(C)CCOc1cc(/C=C2/SC(=O)NC2=O)nc(N2CCN(c3cccnc3)CC2)n1. The van der Waals surface area contributed by atoms with Crippen molar-refractivity contribution >= 4 is 40.6 Å². The number of hydrogen-bond acceptors (Lipinski definition) is 10. The average Bonchev–Trinajstić information content (AvgIpc) is 3.10. The predicted octanol–water partition coefficient (Wildman–Crippen LogP) is 1.46. The molecule has 32 heavy (non-hydrogen) atoms. The molecule has 168 valence electrons. The Labute approximate surface area is 190 Å². The van der Waals surface area contributed by atoms with Crippen LogP contribution in [0.5, 0.6) is 5.88 Å². The van der Waals surface area contributed by atoms with Crippen LogP contribution in [0.1, 0.15) is 5.69 Å². The maximum atomic E-state index is 12.0. The van der Waals surface area contributed by atoms with Gasteiger partial charge in [-0.1, -0.05) is 0 Å². The summed E-state index contributed by atoms with van der Waals surface area (Å²) in [4.78, 5) is 43.6. The minimum absolute atomic E-state index is 0.306. The molecule has 0 bridgehead atoms. The van der Waals surface area contributed by atoms with Gasteiger partial charge in [0.05, 0.1) is 22.5 Å². The number of anilines is 2. The molecule has 0 radical (unpaired) electrons. The zero-order valence-electron chi connectivity index (χ0n) is 18.0. The number of amides is 2. The summed E-state index contributed by atoms with van der Waals surface area (Å²) >= 11 is 0.863. The van der Waals surface area contributed by atoms with Gasteiger partial charge >= 0.3 is 0 Å². The minimum atomic E-state index is -0.416. The van der Waals surface area contributed by atoms with Crippen LogP contribution < -0.4 is 19.9 Å². The molecule has 0 saturated carbocycles. The van der Waals surface area contributed by atoms with E-state index < -0.39 is 5.91 Å². The van der Waals surface area contributed by atoms with Crippen LogP contribution >= 0.6 is 11.8 Å². The molecule has 0 aliphatic carbocycles. The van der Waals surface area contributed by atoms with Crippen molar-refractivity contribution in [2.75, 3.05) is 63.2 Å². The highest BCUT2D eigenvalue weighted by molar-refractivity contribution is 8.18. The van der Waals surface area contributed by atoms with Gasteiger partial charge in [-0.05, 0) is 44.1 Å². The number of aromatic nitrogens is 3. The molecule has 10 nitrogen and oxygen atoms in total. The van der Waals surface area contributed by atoms with Crippen LogP contribution in [0.4, 0.5) is 16.4 Å². The Morgan fingerprint density at radius 1 is 1.19 bits per heavy atom. The molecule has 4 heterocycles. The lowest BCUT2D eigenvalue weighted by atomic mass is 10.3. The molecule has 0 aromatic carbocycles. The number of nitrogens with one attached hydrogen (secondary N) is 1. The van der Waals surface area contributed by atoms with Crippen LogP contribution in [0.15, 0.2) is 35.5 Å². The summed E-state index contributed by atoms with van der Waals surface area (Å²) in [6.45, 7) is 4.31. The molecular formula is C21H25N7O3S. The van der Waals surface area contributed by atoms with E-state index in [1.807, 2.05) is 37.3 Å². The van der Waals surface area contributed by atoms with Crippen molar-refractivity contribution < 1.29 is 14.3 Å². The number of piperazine rings is 1. The lowest BCUT2D eigenvalue weighted by molar-refractivity contribution is -0.115. The third-order valence-corrected chi connectivity index (χ3v) is 5.80. The van der Waals surface area contributed by atoms with Gasteiger partial charge in [0.25, 0.3) is 11.1 Å². The summed E-state index contributed by atoms with van der Waals surface area (Å²) in [5, 5.41) is 1.88. The van der Waals surface area contributed by atoms with Gasteiger partial charge in [-0.25, -0.2) is 4.98 Å². The molecular weight excluding hydrogens is 430 g/mol. The third kappa shape index (κ3) is 5.54. The van der Waals surface area contributed by atoms with Gasteiger partial charge in [-0.2, -0.15) is 4.98 Å². The average molecular weight is 456 g/mol. The molecule has 4 rings (SSSR count). The summed E-state index contributed by atoms with van der Waals surface area (Å²) in [6, 6.07) is 5.67. The van der Waals surface area contributed by atoms with Crippen molar-refractivity contribution in [2.24, 2.45) is 0 Å². The van der Waals surface area contributed by atoms with E-state index in [2.05, 4.69) is 30.1 Å². The molecule has 2 aliphatic heterocycles. The third-order valence-electron chi connectivity index (χ3n) is 4.99. The van der Waals surface area contributed by atoms with Crippen LogP contribution in [0.25, 0.3) is 6.08 Å². The van der Waals surface area contributed by atoms with Crippen molar-refractivity contribution in [3.63, 3.8) is 0 Å². The second kappa shape index (κ2) is 9.96. The number of nitrogens with zero attached hydrogens (tertiary/aromatic N) is 6. The Hall–Kier alpha value is -3.18. The fourth-order valence-electron chi connectivity index (χ4n) is 3.31. The smallest absolute Gasteiger partial charge is 0.290 e. The van der Waals surface area contributed by atoms with Crippen LogP contribution in [-0.2, 0) is 4.79 Å². The maximum Gasteiger partial charge on any atom is 0.290 e. The first-order valence-electron chi connectivity index (χ1n) is 10.3. The number of imide groups is 1. The number of carbonyl (C=O) groups is 2. The van der Waals surface area contributed by atoms with Crippen LogP contribution in [0, 0.1) is 0 Å². The summed E-state index contributed by atoms with van der Waals surface area (Å²) in [5.41, 5.74) is 1.62. The first-order chi connectivity index (χ1) is 15.5. The number of hydrogen-bond donors (Lipinski definition) is 1. The van der Waals surface area contributed by atoms with Gasteiger partial charge in [0.15, 0.2) is 0 Å². The number of rotatable bonds is 7. The van der Waals surface area contributed by atoms with E-state index in [0.29, 0.717) is 29.0 Å². The van der Waals surface area contributed by atoms with Gasteiger partial charge in [0.2, 0.25) is 11.8 Å². The summed E-state index contributed by atoms with van der Waals surface area (Å²) < 4.78 is 5.85. The zero-order chi connectivity index (χ0) is 22.5. The molecule has 0 atom stereocenters. The zero-order valence-corrected chi connectivity index (χ0v) is 18.8. The van der Waals surface area contributed by atoms with Gasteiger partial charge in [-0.3, -0.25) is 19.9 Å². The van der Waals surface area contributed by atoms with E-state index in [1.54, 1.807) is 18.3 Å². The standard InChI is InChI=1S/C21H25N7O3S/c1-26(2)10-11-31-18-13-15(12-17-19(29)25-21(30)32-17)23-20(24-18)28-8-6-27(7-9-28)16-4-3-5-22-14-16/h3-5,12-14H,6-11H2,1-2H3,(H,25,29,30)/b17-12+. The Morgan fingerprint density at radius 2 is 1.97 bits per heavy atom. The Bertz CT molecular complexity index is 1010. The molecule has 2 aliphatic rings. The summed E-state index contributed by atoms with van der Waals surface area (Å²) in [7, 11) is 3.94. The predicted molar refractivity (Wildman–Crippen MR) is 124 cm³/mol. The topological polar surface area (TPSA) is 104 Å². The van der Waals surface area contributed by atoms with Crippen molar-refractivity contribution in [3.05, 3.63) is 41.2 Å². The minimum Gasteiger partial charge on any atom is -0.476 e. The van der Waals surface area contributed by atoms with E-state index >= 15 is 0 Å². The molecule has 2 amide bonds. The van der Waals surface area contributed by atoms with Crippen molar-refractivity contribution in [3.8, 4) is 5.88 Å². The number of thioether (sulfide) groups is 1. The molecule has 11 heteroatoms. The largest absolute Gasteiger partial charge is 0.476 e. The normalized spacial score (nSPS) is 17.9. The second-order valence-corrected chi connectivity index (χ2v) is 8.64. The second-order valence-electron chi connectivity index (χ2n) is 7.62. The maximum absolute atomic E-state index is 12.0. The summed E-state index contributed by atoms with van der Waals surface area (Å²) in [5.74, 6) is 0.563. The molecule has 0 unspecified atom stereocenters. The fraction of sp³-hybridized carbons (Fsp3) is 0.381. The van der Waals surface area contributed by atoms with Gasteiger partial charge in [-0.15, -0.1) is 0 Å². The van der Waals surface area contributed by atoms with Gasteiger partial charge in [0.1, 0.15) is 6.61 Å². The highest BCUT2D eigenvalue weighted by atomic mass is 32.2. The van der Waals surface area contributed by atoms with E-state index in [9.17, 15) is 9.59 Å². The highest BCUT2D eigenvalue weighted by Crippen LogP contribution is 2.27. The molecule has 2 fully saturated rings. The van der Waals surface area contributed by atoms with Gasteiger partial charge in [0, 0.05) is 45.0 Å². The molecule has 1 N–H and O–H groups in total. The molecule has 2 aromatic rings. The van der Waals surface area contributed by atoms with E-state index in [0.717, 1.165) is 50.2 Å². The van der Waals surface area contributed by atoms with Crippen LogP contribution in [0.2, 0.25) is 0 Å². The van der Waals surface area contributed by atoms with Crippen molar-refractivity contribution in [1.29, 1.82) is 0 Å². The molecule has 2 saturated heterocycles. The Morgan fingerprint density at radius 3 is 2.62 bits per heavy atom. The summed E-state index contributed by atoms with van der Waals surface area (Å²) in [6.07, 6.45) is 5.23. The first kappa shape index (κ1) is 22.0. The number of likely N-dealkylation sites (N-methyl/N-ethyl adjacent to an activating group) is 1. The first-order valence-corrected chi connectivity index (χ1v) is 11.1. The number of carbonyl (C=O) groups excluding carboxylic acids is 2. The van der Waals surface area contributed by atoms with Gasteiger partial charge < -0.3 is 19.4 Å². The van der Waals surface area contributed by atoms with E-state index in [-0.39, 0.29) is 5.24 Å². The highest BCUT2D eigenvalue weighted by Gasteiger charge is 2.26. The van der Waals surface area contributed by atoms with E-state index in [1.165, 1.54) is 0 Å². The molecule has 0 spiro atoms. The lowest BCUT2D eigenvalue weighted by Gasteiger charge is -2.36. The molecule has 2 aromatic heterocycles. The van der Waals surface area contributed by atoms with Crippen molar-refractivity contribution in [2.45, 2.75) is 0 Å². The lowest BCUT2D eigenvalue weighted by Crippen LogP contribution is -2.47. The van der Waals surface area contributed by atoms with Crippen LogP contribution in [-0.4, -0.2) is 84.4 Å². The number of ether oxygens (including phenoxy) is 1. The van der Waals surface area contributed by atoms with Crippen molar-refractivity contribution in [1.82, 2.24) is 25.2 Å². The quantitative estimate of drug-likeness (QED) is 0.617. The van der Waals surface area contributed by atoms with E-state index in [4.69, 9.17) is 4.74 Å². The fourth-order valence-corrected chi connectivity index (χ4v) is 3.98.